The fourth-order valence-electron chi connectivity index (χ4n) is 1.66. The summed E-state index contributed by atoms with van der Waals surface area (Å²) in [5, 5.41) is 3.14. The van der Waals surface area contributed by atoms with Crippen molar-refractivity contribution in [2.45, 2.75) is 19.3 Å². The van der Waals surface area contributed by atoms with Gasteiger partial charge in [0.15, 0.2) is 0 Å². The number of carbonyl (C=O) groups excluding carboxylic acids is 1. The van der Waals surface area contributed by atoms with E-state index in [0.717, 1.165) is 25.2 Å². The average molecular weight is 141 g/mol. The molecule has 1 fully saturated rings. The molecule has 1 aliphatic carbocycles. The Hall–Kier alpha value is -0.370. The van der Waals surface area contributed by atoms with Crippen LogP contribution in [-0.2, 0) is 4.79 Å². The van der Waals surface area contributed by atoms with Gasteiger partial charge in [0, 0.05) is 6.42 Å². The predicted octanol–water partition coefficient (Wildman–Crippen LogP) is 0.821. The van der Waals surface area contributed by atoms with Crippen molar-refractivity contribution in [3.63, 3.8) is 0 Å². The van der Waals surface area contributed by atoms with E-state index in [1.807, 2.05) is 7.05 Å². The molecule has 0 aromatic carbocycles. The van der Waals surface area contributed by atoms with Gasteiger partial charge in [-0.3, -0.25) is 0 Å². The number of carbonyl (C=O) groups is 1. The van der Waals surface area contributed by atoms with Crippen LogP contribution in [-0.4, -0.2) is 19.9 Å². The van der Waals surface area contributed by atoms with Crippen molar-refractivity contribution in [3.05, 3.63) is 0 Å². The van der Waals surface area contributed by atoms with Crippen molar-refractivity contribution >= 4 is 6.29 Å². The highest BCUT2D eigenvalue weighted by molar-refractivity contribution is 5.49. The van der Waals surface area contributed by atoms with Crippen molar-refractivity contribution in [2.75, 3.05) is 13.6 Å². The fourth-order valence-corrected chi connectivity index (χ4v) is 1.66. The van der Waals surface area contributed by atoms with Crippen LogP contribution in [0.2, 0.25) is 0 Å². The maximum absolute atomic E-state index is 10.1. The highest BCUT2D eigenvalue weighted by Gasteiger charge is 2.27. The van der Waals surface area contributed by atoms with Gasteiger partial charge in [0.1, 0.15) is 6.29 Å². The zero-order valence-corrected chi connectivity index (χ0v) is 6.47. The van der Waals surface area contributed by atoms with Gasteiger partial charge in [0.05, 0.1) is 0 Å². The number of aldehydes is 1. The van der Waals surface area contributed by atoms with Crippen molar-refractivity contribution in [3.8, 4) is 0 Å². The van der Waals surface area contributed by atoms with Crippen molar-refractivity contribution in [1.82, 2.24) is 5.32 Å². The zero-order valence-electron chi connectivity index (χ0n) is 6.47. The quantitative estimate of drug-likeness (QED) is 0.587. The number of hydrogen-bond donors (Lipinski definition) is 1. The third-order valence-corrected chi connectivity index (χ3v) is 2.26. The average Bonchev–Trinajstić information content (AvgIpc) is 1.84. The molecule has 0 amide bonds. The highest BCUT2D eigenvalue weighted by atomic mass is 16.1. The van der Waals surface area contributed by atoms with Crippen LogP contribution < -0.4 is 5.32 Å². The van der Waals surface area contributed by atoms with Crippen LogP contribution >= 0.6 is 0 Å². The van der Waals surface area contributed by atoms with E-state index in [9.17, 15) is 4.79 Å². The Kier molecular flexibility index (Phi) is 2.87. The molecule has 0 heterocycles. The molecule has 2 heteroatoms. The highest BCUT2D eigenvalue weighted by Crippen LogP contribution is 2.34. The lowest BCUT2D eigenvalue weighted by Crippen LogP contribution is -2.31. The molecule has 2 nitrogen and oxygen atoms in total. The van der Waals surface area contributed by atoms with Gasteiger partial charge in [-0.25, -0.2) is 0 Å². The molecule has 58 valence electrons. The molecule has 0 unspecified atom stereocenters. The molecular weight excluding hydrogens is 126 g/mol. The lowest BCUT2D eigenvalue weighted by atomic mass is 9.73. The van der Waals surface area contributed by atoms with Crippen LogP contribution in [0.15, 0.2) is 0 Å². The fraction of sp³-hybridized carbons (Fsp3) is 0.875. The smallest absolute Gasteiger partial charge is 0.120 e. The van der Waals surface area contributed by atoms with E-state index in [-0.39, 0.29) is 0 Å². The Morgan fingerprint density at radius 2 is 2.20 bits per heavy atom. The summed E-state index contributed by atoms with van der Waals surface area (Å²) in [6, 6.07) is 0. The monoisotopic (exact) mass is 141 g/mol. The number of nitrogens with one attached hydrogen (secondary N) is 1. The van der Waals surface area contributed by atoms with E-state index in [0.29, 0.717) is 5.92 Å². The summed E-state index contributed by atoms with van der Waals surface area (Å²) < 4.78 is 0. The Morgan fingerprint density at radius 3 is 2.70 bits per heavy atom. The molecule has 10 heavy (non-hydrogen) atoms. The second-order valence-corrected chi connectivity index (χ2v) is 3.16. The normalized spacial score (nSPS) is 31.3. The topological polar surface area (TPSA) is 29.1 Å². The number of hydrogen-bond acceptors (Lipinski definition) is 2. The van der Waals surface area contributed by atoms with Crippen molar-refractivity contribution in [2.24, 2.45) is 11.8 Å². The van der Waals surface area contributed by atoms with Crippen LogP contribution in [0.4, 0.5) is 0 Å². The summed E-state index contributed by atoms with van der Waals surface area (Å²) in [7, 11) is 1.98. The third-order valence-electron chi connectivity index (χ3n) is 2.26. The Labute approximate surface area is 62.0 Å². The second kappa shape index (κ2) is 3.71. The zero-order chi connectivity index (χ0) is 7.40. The third kappa shape index (κ3) is 1.81. The molecule has 0 atom stereocenters. The van der Waals surface area contributed by atoms with Gasteiger partial charge < -0.3 is 10.1 Å². The standard InChI is InChI=1S/C8H15NO/c1-9-6-8-4-7(5-8)2-3-10/h3,7-9H,2,4-6H2,1H3. The van der Waals surface area contributed by atoms with E-state index in [4.69, 9.17) is 0 Å². The summed E-state index contributed by atoms with van der Waals surface area (Å²) in [5.74, 6) is 1.55. The maximum atomic E-state index is 10.1. The summed E-state index contributed by atoms with van der Waals surface area (Å²) in [5.41, 5.74) is 0. The molecule has 1 aliphatic rings. The molecule has 1 N–H and O–H groups in total. The summed E-state index contributed by atoms with van der Waals surface area (Å²) in [6.07, 6.45) is 4.32. The summed E-state index contributed by atoms with van der Waals surface area (Å²) in [4.78, 5) is 10.1. The SMILES string of the molecule is CNCC1CC(CC=O)C1. The van der Waals surface area contributed by atoms with Crippen molar-refractivity contribution < 1.29 is 4.79 Å². The van der Waals surface area contributed by atoms with E-state index < -0.39 is 0 Å². The molecule has 0 aromatic heterocycles. The van der Waals surface area contributed by atoms with Crippen LogP contribution in [0.3, 0.4) is 0 Å². The van der Waals surface area contributed by atoms with Gasteiger partial charge >= 0.3 is 0 Å². The summed E-state index contributed by atoms with van der Waals surface area (Å²) >= 11 is 0. The molecule has 0 spiro atoms. The molecule has 0 saturated heterocycles. The maximum Gasteiger partial charge on any atom is 0.120 e. The van der Waals surface area contributed by atoms with E-state index >= 15 is 0 Å². The van der Waals surface area contributed by atoms with Gasteiger partial charge in [-0.2, -0.15) is 0 Å². The second-order valence-electron chi connectivity index (χ2n) is 3.16. The van der Waals surface area contributed by atoms with Gasteiger partial charge in [-0.15, -0.1) is 0 Å². The molecule has 0 bridgehead atoms. The van der Waals surface area contributed by atoms with Gasteiger partial charge in [0.2, 0.25) is 0 Å². The first-order chi connectivity index (χ1) is 4.86. The lowest BCUT2D eigenvalue weighted by Gasteiger charge is -2.33. The Balaban J connectivity index is 2.00. The Bertz CT molecular complexity index is 108. The predicted molar refractivity (Wildman–Crippen MR) is 40.8 cm³/mol. The number of rotatable bonds is 4. The van der Waals surface area contributed by atoms with Gasteiger partial charge in [0.25, 0.3) is 0 Å². The molecule has 1 saturated carbocycles. The minimum Gasteiger partial charge on any atom is -0.319 e. The lowest BCUT2D eigenvalue weighted by molar-refractivity contribution is -0.109. The van der Waals surface area contributed by atoms with Crippen LogP contribution in [0.1, 0.15) is 19.3 Å². The summed E-state index contributed by atoms with van der Waals surface area (Å²) in [6.45, 7) is 1.12. The molecule has 0 radical (unpaired) electrons. The van der Waals surface area contributed by atoms with Crippen molar-refractivity contribution in [1.29, 1.82) is 0 Å². The molecular formula is C8H15NO. The Morgan fingerprint density at radius 1 is 1.50 bits per heavy atom. The minimum absolute atomic E-state index is 0.704. The van der Waals surface area contributed by atoms with E-state index in [1.54, 1.807) is 0 Å². The van der Waals surface area contributed by atoms with Crippen LogP contribution in [0.5, 0.6) is 0 Å². The van der Waals surface area contributed by atoms with Crippen LogP contribution in [0, 0.1) is 11.8 Å². The van der Waals surface area contributed by atoms with Crippen LogP contribution in [0.25, 0.3) is 0 Å². The molecule has 0 aliphatic heterocycles. The first kappa shape index (κ1) is 7.73. The largest absolute Gasteiger partial charge is 0.319 e. The van der Waals surface area contributed by atoms with Gasteiger partial charge in [-0.05, 0) is 38.3 Å². The molecule has 1 rings (SSSR count). The molecule has 0 aromatic rings. The van der Waals surface area contributed by atoms with E-state index in [2.05, 4.69) is 5.32 Å². The minimum atomic E-state index is 0.704. The first-order valence-corrected chi connectivity index (χ1v) is 3.95. The van der Waals surface area contributed by atoms with E-state index in [1.165, 1.54) is 12.8 Å². The first-order valence-electron chi connectivity index (χ1n) is 3.95. The van der Waals surface area contributed by atoms with Gasteiger partial charge in [-0.1, -0.05) is 0 Å².